The minimum atomic E-state index is -1.40. The van der Waals surface area contributed by atoms with Crippen LogP contribution in [0, 0.1) is 5.82 Å². The Morgan fingerprint density at radius 1 is 1.21 bits per heavy atom. The molecule has 1 aliphatic carbocycles. The number of carbonyl (C=O) groups is 1. The number of aromatic nitrogens is 4. The van der Waals surface area contributed by atoms with Crippen LogP contribution in [0.15, 0.2) is 83.0 Å². The molecule has 1 amide bonds. The third-order valence-electron chi connectivity index (χ3n) is 5.60. The number of aliphatic hydroxyl groups excluding tert-OH is 1. The van der Waals surface area contributed by atoms with E-state index in [1.54, 1.807) is 31.2 Å². The Morgan fingerprint density at radius 3 is 2.76 bits per heavy atom. The Balaban J connectivity index is 1.50. The number of tetrazole rings is 1. The molecule has 10 nitrogen and oxygen atoms in total. The standard InChI is InChI=1S/C23H19FN8O2/c1-14-19(21(34)32(28-14)17-10-5-9-16(24)13-17)25-29-23(22-26-30-31-27-22)12-6-11-18(20(23)33)15-7-3-2-4-8-15/h2-13,20,29,33H,1H3,(H,26,27,30,31)/b25-19-. The maximum absolute atomic E-state index is 13.7. The number of aliphatic hydroxyl groups is 1. The second-order valence-electron chi connectivity index (χ2n) is 7.72. The topological polar surface area (TPSA) is 132 Å². The molecule has 2 aliphatic rings. The van der Waals surface area contributed by atoms with E-state index in [1.165, 1.54) is 18.2 Å². The molecule has 0 saturated carbocycles. The van der Waals surface area contributed by atoms with E-state index in [1.807, 2.05) is 30.3 Å². The van der Waals surface area contributed by atoms with Crippen LogP contribution in [0.3, 0.4) is 0 Å². The predicted octanol–water partition coefficient (Wildman–Crippen LogP) is 1.92. The van der Waals surface area contributed by atoms with Crippen molar-refractivity contribution in [1.29, 1.82) is 0 Å². The number of hydrogen-bond donors (Lipinski definition) is 3. The van der Waals surface area contributed by atoms with Gasteiger partial charge in [0, 0.05) is 0 Å². The van der Waals surface area contributed by atoms with Crippen LogP contribution in [0.4, 0.5) is 10.1 Å². The van der Waals surface area contributed by atoms with Gasteiger partial charge in [-0.25, -0.2) is 9.49 Å². The van der Waals surface area contributed by atoms with Crippen molar-refractivity contribution in [3.05, 3.63) is 90.0 Å². The van der Waals surface area contributed by atoms with Gasteiger partial charge in [-0.1, -0.05) is 48.6 Å². The van der Waals surface area contributed by atoms with Gasteiger partial charge in [-0.15, -0.1) is 5.10 Å². The minimum absolute atomic E-state index is 0.00697. The van der Waals surface area contributed by atoms with Crippen LogP contribution in [-0.2, 0) is 10.3 Å². The number of allylic oxidation sites excluding steroid dienone is 2. The first-order chi connectivity index (χ1) is 16.5. The number of benzene rings is 2. The van der Waals surface area contributed by atoms with E-state index >= 15 is 0 Å². The Morgan fingerprint density at radius 2 is 2.03 bits per heavy atom. The molecule has 3 aromatic rings. The van der Waals surface area contributed by atoms with Crippen molar-refractivity contribution in [2.45, 2.75) is 18.6 Å². The first-order valence-electron chi connectivity index (χ1n) is 10.4. The van der Waals surface area contributed by atoms with E-state index in [0.29, 0.717) is 11.3 Å². The Kier molecular flexibility index (Phi) is 5.30. The van der Waals surface area contributed by atoms with Crippen LogP contribution < -0.4 is 10.4 Å². The van der Waals surface area contributed by atoms with E-state index in [9.17, 15) is 14.3 Å². The van der Waals surface area contributed by atoms with Gasteiger partial charge in [-0.2, -0.15) is 15.2 Å². The molecule has 0 radical (unpaired) electrons. The minimum Gasteiger partial charge on any atom is -0.385 e. The highest BCUT2D eigenvalue weighted by atomic mass is 19.1. The molecular formula is C23H19FN8O2. The zero-order chi connectivity index (χ0) is 23.7. The van der Waals surface area contributed by atoms with Crippen molar-refractivity contribution in [3.8, 4) is 0 Å². The molecule has 2 heterocycles. The Labute approximate surface area is 193 Å². The largest absolute Gasteiger partial charge is 0.385 e. The van der Waals surface area contributed by atoms with E-state index in [2.05, 4.69) is 36.3 Å². The van der Waals surface area contributed by atoms with Crippen molar-refractivity contribution in [2.24, 2.45) is 10.2 Å². The van der Waals surface area contributed by atoms with Crippen LogP contribution in [-0.4, -0.2) is 49.2 Å². The molecule has 2 unspecified atom stereocenters. The summed E-state index contributed by atoms with van der Waals surface area (Å²) in [5.41, 5.74) is 3.52. The number of amides is 1. The third kappa shape index (κ3) is 3.57. The molecule has 3 N–H and O–H groups in total. The lowest BCUT2D eigenvalue weighted by Crippen LogP contribution is -2.51. The highest BCUT2D eigenvalue weighted by molar-refractivity contribution is 6.71. The van der Waals surface area contributed by atoms with Gasteiger partial charge in [0.1, 0.15) is 11.9 Å². The van der Waals surface area contributed by atoms with Crippen LogP contribution >= 0.6 is 0 Å². The molecule has 0 saturated heterocycles. The average molecular weight is 458 g/mol. The third-order valence-corrected chi connectivity index (χ3v) is 5.60. The molecule has 11 heteroatoms. The SMILES string of the molecule is CC1=NN(c2cccc(F)c2)C(=O)/C1=N\NC1(c2nnn[nH]2)C=CC=C(c2ccccc2)C1O. The van der Waals surface area contributed by atoms with E-state index in [-0.39, 0.29) is 17.2 Å². The van der Waals surface area contributed by atoms with E-state index in [4.69, 9.17) is 0 Å². The van der Waals surface area contributed by atoms with Gasteiger partial charge >= 0.3 is 5.91 Å². The fourth-order valence-corrected chi connectivity index (χ4v) is 3.87. The van der Waals surface area contributed by atoms with Gasteiger partial charge in [-0.05, 0) is 52.8 Å². The van der Waals surface area contributed by atoms with Crippen molar-refractivity contribution in [3.63, 3.8) is 0 Å². The zero-order valence-electron chi connectivity index (χ0n) is 17.9. The molecule has 1 aliphatic heterocycles. The molecule has 2 atom stereocenters. The molecule has 1 aromatic heterocycles. The van der Waals surface area contributed by atoms with Crippen molar-refractivity contribution in [1.82, 2.24) is 26.0 Å². The number of nitrogens with zero attached hydrogens (tertiary/aromatic N) is 6. The fourth-order valence-electron chi connectivity index (χ4n) is 3.87. The first-order valence-corrected chi connectivity index (χ1v) is 10.4. The van der Waals surface area contributed by atoms with Gasteiger partial charge in [0.2, 0.25) is 0 Å². The lowest BCUT2D eigenvalue weighted by molar-refractivity contribution is -0.112. The van der Waals surface area contributed by atoms with Gasteiger partial charge < -0.3 is 5.11 Å². The highest BCUT2D eigenvalue weighted by Gasteiger charge is 2.45. The summed E-state index contributed by atoms with van der Waals surface area (Å²) in [6.07, 6.45) is 4.04. The highest BCUT2D eigenvalue weighted by Crippen LogP contribution is 2.36. The molecule has 34 heavy (non-hydrogen) atoms. The number of nitrogens with one attached hydrogen (secondary N) is 2. The second kappa shape index (κ2) is 8.45. The van der Waals surface area contributed by atoms with Crippen molar-refractivity contribution < 1.29 is 14.3 Å². The summed E-state index contributed by atoms with van der Waals surface area (Å²) >= 11 is 0. The summed E-state index contributed by atoms with van der Waals surface area (Å²) in [5, 5.41) is 35.0. The number of anilines is 1. The van der Waals surface area contributed by atoms with Crippen LogP contribution in [0.25, 0.3) is 5.57 Å². The monoisotopic (exact) mass is 458 g/mol. The molecule has 170 valence electrons. The van der Waals surface area contributed by atoms with Crippen LogP contribution in [0.1, 0.15) is 18.3 Å². The van der Waals surface area contributed by atoms with E-state index < -0.39 is 23.4 Å². The smallest absolute Gasteiger partial charge is 0.301 e. The van der Waals surface area contributed by atoms with Crippen molar-refractivity contribution >= 4 is 28.6 Å². The summed E-state index contributed by atoms with van der Waals surface area (Å²) in [5.74, 6) is -0.840. The maximum Gasteiger partial charge on any atom is 0.301 e. The second-order valence-corrected chi connectivity index (χ2v) is 7.72. The summed E-state index contributed by atoms with van der Waals surface area (Å²) in [7, 11) is 0. The number of hydrazone groups is 2. The lowest BCUT2D eigenvalue weighted by Gasteiger charge is -2.36. The van der Waals surface area contributed by atoms with Crippen molar-refractivity contribution in [2.75, 3.05) is 5.01 Å². The maximum atomic E-state index is 13.7. The summed E-state index contributed by atoms with van der Waals surface area (Å²) < 4.78 is 13.7. The number of rotatable bonds is 5. The van der Waals surface area contributed by atoms with Crippen LogP contribution in [0.5, 0.6) is 0 Å². The van der Waals surface area contributed by atoms with Gasteiger partial charge in [0.25, 0.3) is 0 Å². The number of aromatic amines is 1. The molecule has 5 rings (SSSR count). The Hall–Kier alpha value is -4.51. The number of H-pyrrole nitrogens is 1. The fraction of sp³-hybridized carbons (Fsp3) is 0.130. The summed E-state index contributed by atoms with van der Waals surface area (Å²) in [6.45, 7) is 1.61. The first kappa shape index (κ1) is 21.3. The molecule has 2 aromatic carbocycles. The normalized spacial score (nSPS) is 23.3. The summed E-state index contributed by atoms with van der Waals surface area (Å²) in [4.78, 5) is 13.0. The average Bonchev–Trinajstić information content (AvgIpc) is 3.48. The molecular weight excluding hydrogens is 439 g/mol. The number of carbonyl (C=O) groups excluding carboxylic acids is 1. The molecule has 0 bridgehead atoms. The van der Waals surface area contributed by atoms with Gasteiger partial charge in [0.05, 0.1) is 11.4 Å². The lowest BCUT2D eigenvalue weighted by atomic mass is 9.80. The van der Waals surface area contributed by atoms with Gasteiger partial charge in [-0.3, -0.25) is 10.2 Å². The Bertz CT molecular complexity index is 1350. The van der Waals surface area contributed by atoms with Crippen LogP contribution in [0.2, 0.25) is 0 Å². The van der Waals surface area contributed by atoms with Gasteiger partial charge in [0.15, 0.2) is 17.1 Å². The predicted molar refractivity (Wildman–Crippen MR) is 123 cm³/mol. The van der Waals surface area contributed by atoms with E-state index in [0.717, 1.165) is 10.6 Å². The zero-order valence-corrected chi connectivity index (χ0v) is 17.9. The number of halogens is 1. The quantitative estimate of drug-likeness (QED) is 0.501. The summed E-state index contributed by atoms with van der Waals surface area (Å²) in [6, 6.07) is 14.9. The number of hydrogen-bond acceptors (Lipinski definition) is 8. The molecule has 0 fully saturated rings. The molecule has 0 spiro atoms.